The van der Waals surface area contributed by atoms with Crippen molar-refractivity contribution in [2.45, 2.75) is 88.9 Å². The van der Waals surface area contributed by atoms with E-state index in [9.17, 15) is 24.8 Å². The van der Waals surface area contributed by atoms with Crippen molar-refractivity contribution < 1.29 is 14.7 Å². The van der Waals surface area contributed by atoms with E-state index in [0.717, 1.165) is 37.7 Å². The molecule has 9 heteroatoms. The van der Waals surface area contributed by atoms with Gasteiger partial charge in [-0.1, -0.05) is 70.4 Å². The summed E-state index contributed by atoms with van der Waals surface area (Å²) in [6, 6.07) is 13.9. The molecule has 3 atom stereocenters. The van der Waals surface area contributed by atoms with Gasteiger partial charge in [0, 0.05) is 35.1 Å². The van der Waals surface area contributed by atoms with Crippen molar-refractivity contribution in [1.82, 2.24) is 15.2 Å². The minimum atomic E-state index is -1.19. The van der Waals surface area contributed by atoms with Crippen LogP contribution in [0.25, 0.3) is 10.9 Å². The van der Waals surface area contributed by atoms with E-state index in [1.54, 1.807) is 12.1 Å². The zero-order valence-electron chi connectivity index (χ0n) is 24.5. The Kier molecular flexibility index (Phi) is 8.37. The number of β-amino-alcohol motifs (C(OH)–C–C–N with tert-alkyl or cyclic N) is 1. The number of likely N-dealkylation sites (tertiary alicyclic amines) is 1. The number of hydrogen-bond acceptors (Lipinski definition) is 6. The minimum absolute atomic E-state index is 0.0360. The quantitative estimate of drug-likeness (QED) is 0.381. The van der Waals surface area contributed by atoms with Crippen molar-refractivity contribution in [3.63, 3.8) is 0 Å². The first-order chi connectivity index (χ1) is 20.1. The topological polar surface area (TPSA) is 130 Å². The lowest BCUT2D eigenvalue weighted by molar-refractivity contribution is -0.128. The molecule has 1 saturated heterocycles. The van der Waals surface area contributed by atoms with Gasteiger partial charge in [0.05, 0.1) is 12.6 Å². The zero-order chi connectivity index (χ0) is 30.0. The molecule has 1 aliphatic heterocycles. The lowest BCUT2D eigenvalue weighted by Crippen LogP contribution is -2.52. The minimum Gasteiger partial charge on any atom is -0.391 e. The van der Waals surface area contributed by atoms with Crippen LogP contribution in [-0.4, -0.2) is 51.5 Å². The van der Waals surface area contributed by atoms with E-state index in [4.69, 9.17) is 0 Å². The van der Waals surface area contributed by atoms with Gasteiger partial charge in [0.15, 0.2) is 6.19 Å². The number of aliphatic hydroxyl groups is 1. The van der Waals surface area contributed by atoms with Crippen molar-refractivity contribution >= 4 is 28.4 Å². The fourth-order valence-corrected chi connectivity index (χ4v) is 6.23. The molecule has 220 valence electrons. The Bertz CT molecular complexity index is 1550. The Morgan fingerprint density at radius 3 is 2.45 bits per heavy atom. The van der Waals surface area contributed by atoms with Crippen molar-refractivity contribution in [2.75, 3.05) is 11.4 Å². The van der Waals surface area contributed by atoms with Crippen molar-refractivity contribution in [1.29, 1.82) is 5.26 Å². The smallest absolute Gasteiger partial charge is 0.251 e. The van der Waals surface area contributed by atoms with Crippen LogP contribution in [0.3, 0.4) is 0 Å². The summed E-state index contributed by atoms with van der Waals surface area (Å²) in [5.74, 6) is -0.863. The van der Waals surface area contributed by atoms with Crippen LogP contribution in [0.2, 0.25) is 0 Å². The van der Waals surface area contributed by atoms with Gasteiger partial charge in [-0.15, -0.1) is 0 Å². The standard InChI is InChI=1S/C33H39N5O4/c1-33(2,3)21-13-15-23(16-14-21)38(32(42)28-17-24(39)19-37(28)20-34)30(31(41)35-22-9-5-4-6-10-22)26-18-29(40)36-27-12-8-7-11-25(26)27/h7-8,11-16,18,22,24,28,30,39H,4-6,9-10,17,19H2,1-3H3,(H,35,41)(H,36,40). The highest BCUT2D eigenvalue weighted by molar-refractivity contribution is 6.05. The largest absolute Gasteiger partial charge is 0.391 e. The number of nitrogens with zero attached hydrogens (tertiary/aromatic N) is 3. The molecule has 9 nitrogen and oxygen atoms in total. The van der Waals surface area contributed by atoms with E-state index in [1.807, 2.05) is 42.6 Å². The Labute approximate surface area is 246 Å². The number of aromatic nitrogens is 1. The molecule has 3 unspecified atom stereocenters. The zero-order valence-corrected chi connectivity index (χ0v) is 24.5. The van der Waals surface area contributed by atoms with Crippen LogP contribution >= 0.6 is 0 Å². The fourth-order valence-electron chi connectivity index (χ4n) is 6.23. The summed E-state index contributed by atoms with van der Waals surface area (Å²) in [4.78, 5) is 47.4. The van der Waals surface area contributed by atoms with Crippen LogP contribution < -0.4 is 15.8 Å². The number of benzene rings is 2. The number of rotatable bonds is 6. The molecule has 2 heterocycles. The van der Waals surface area contributed by atoms with Crippen molar-refractivity contribution in [2.24, 2.45) is 0 Å². The van der Waals surface area contributed by atoms with Crippen LogP contribution in [0.4, 0.5) is 5.69 Å². The van der Waals surface area contributed by atoms with E-state index in [-0.39, 0.29) is 35.9 Å². The van der Waals surface area contributed by atoms with Gasteiger partial charge in [-0.3, -0.25) is 24.2 Å². The lowest BCUT2D eigenvalue weighted by Gasteiger charge is -2.36. The normalized spacial score (nSPS) is 20.2. The third-order valence-corrected chi connectivity index (χ3v) is 8.48. The van der Waals surface area contributed by atoms with Gasteiger partial charge in [0.1, 0.15) is 12.1 Å². The Balaban J connectivity index is 1.70. The molecule has 1 saturated carbocycles. The molecule has 2 fully saturated rings. The van der Waals surface area contributed by atoms with Gasteiger partial charge in [0.25, 0.3) is 5.91 Å². The molecule has 2 amide bonds. The van der Waals surface area contributed by atoms with E-state index < -0.39 is 24.1 Å². The van der Waals surface area contributed by atoms with Crippen LogP contribution in [0, 0.1) is 11.5 Å². The summed E-state index contributed by atoms with van der Waals surface area (Å²) >= 11 is 0. The first-order valence-electron chi connectivity index (χ1n) is 14.8. The van der Waals surface area contributed by atoms with E-state index in [1.165, 1.54) is 15.9 Å². The highest BCUT2D eigenvalue weighted by Gasteiger charge is 2.43. The van der Waals surface area contributed by atoms with E-state index >= 15 is 0 Å². The molecule has 1 aromatic heterocycles. The molecule has 0 spiro atoms. The second-order valence-corrected chi connectivity index (χ2v) is 12.5. The molecule has 3 aromatic rings. The first-order valence-corrected chi connectivity index (χ1v) is 14.8. The fraction of sp³-hybridized carbons (Fsp3) is 0.455. The van der Waals surface area contributed by atoms with Gasteiger partial charge in [0.2, 0.25) is 11.5 Å². The maximum atomic E-state index is 14.5. The molecule has 2 aromatic carbocycles. The third-order valence-electron chi connectivity index (χ3n) is 8.48. The average molecular weight is 570 g/mol. The second-order valence-electron chi connectivity index (χ2n) is 12.5. The summed E-state index contributed by atoms with van der Waals surface area (Å²) in [5, 5.41) is 24.0. The maximum absolute atomic E-state index is 14.5. The highest BCUT2D eigenvalue weighted by Crippen LogP contribution is 2.35. The summed E-state index contributed by atoms with van der Waals surface area (Å²) in [6.07, 6.45) is 6.10. The van der Waals surface area contributed by atoms with Crippen LogP contribution in [0.15, 0.2) is 59.4 Å². The second kappa shape index (κ2) is 12.0. The molecular formula is C33H39N5O4. The predicted molar refractivity (Wildman–Crippen MR) is 162 cm³/mol. The van der Waals surface area contributed by atoms with Gasteiger partial charge in [-0.25, -0.2) is 0 Å². The number of aromatic amines is 1. The van der Waals surface area contributed by atoms with Crippen molar-refractivity contribution in [3.05, 3.63) is 76.1 Å². The number of amides is 2. The number of anilines is 1. The molecule has 2 aliphatic rings. The summed E-state index contributed by atoms with van der Waals surface area (Å²) in [7, 11) is 0. The molecule has 1 aliphatic carbocycles. The van der Waals surface area contributed by atoms with Gasteiger partial charge in [-0.2, -0.15) is 5.26 Å². The monoisotopic (exact) mass is 569 g/mol. The third kappa shape index (κ3) is 6.04. The van der Waals surface area contributed by atoms with Gasteiger partial charge >= 0.3 is 0 Å². The number of fused-ring (bicyclic) bond motifs is 1. The van der Waals surface area contributed by atoms with E-state index in [0.29, 0.717) is 22.2 Å². The number of carbonyl (C=O) groups excluding carboxylic acids is 2. The molecular weight excluding hydrogens is 530 g/mol. The number of pyridine rings is 1. The number of hydrogen-bond donors (Lipinski definition) is 3. The Morgan fingerprint density at radius 1 is 1.10 bits per heavy atom. The first kappa shape index (κ1) is 29.3. The molecule has 3 N–H and O–H groups in total. The molecule has 0 radical (unpaired) electrons. The Hall–Kier alpha value is -4.16. The van der Waals surface area contributed by atoms with Crippen molar-refractivity contribution in [3.8, 4) is 6.19 Å². The number of H-pyrrole nitrogens is 1. The SMILES string of the molecule is CC(C)(C)c1ccc(N(C(=O)C2CC(O)CN2C#N)C(C(=O)NC2CCCCC2)c2cc(=O)[nH]c3ccccc23)cc1. The Morgan fingerprint density at radius 2 is 1.79 bits per heavy atom. The van der Waals surface area contributed by atoms with E-state index in [2.05, 4.69) is 31.1 Å². The van der Waals surface area contributed by atoms with Gasteiger partial charge in [-0.05, 0) is 47.6 Å². The number of carbonyl (C=O) groups is 2. The summed E-state index contributed by atoms with van der Waals surface area (Å²) in [5.41, 5.74) is 1.96. The summed E-state index contributed by atoms with van der Waals surface area (Å²) in [6.45, 7) is 6.33. The van der Waals surface area contributed by atoms with Crippen LogP contribution in [0.5, 0.6) is 0 Å². The predicted octanol–water partition coefficient (Wildman–Crippen LogP) is 4.27. The van der Waals surface area contributed by atoms with Crippen LogP contribution in [0.1, 0.15) is 76.5 Å². The number of nitrogens with one attached hydrogen (secondary N) is 2. The van der Waals surface area contributed by atoms with Gasteiger partial charge < -0.3 is 15.4 Å². The van der Waals surface area contributed by atoms with Crippen LogP contribution in [-0.2, 0) is 15.0 Å². The average Bonchev–Trinajstić information content (AvgIpc) is 3.36. The highest BCUT2D eigenvalue weighted by atomic mass is 16.3. The molecule has 5 rings (SSSR count). The lowest BCUT2D eigenvalue weighted by atomic mass is 9.87. The molecule has 0 bridgehead atoms. The molecule has 42 heavy (non-hydrogen) atoms. The summed E-state index contributed by atoms with van der Waals surface area (Å²) < 4.78 is 0. The maximum Gasteiger partial charge on any atom is 0.251 e. The number of para-hydroxylation sites is 1. The number of aliphatic hydroxyl groups excluding tert-OH is 1. The number of nitriles is 1.